The Balaban J connectivity index is 1.71. The lowest BCUT2D eigenvalue weighted by atomic mass is 9.64. The van der Waals surface area contributed by atoms with Crippen LogP contribution in [0.1, 0.15) is 44.7 Å². The van der Waals surface area contributed by atoms with E-state index in [1.54, 1.807) is 56.7 Å². The topological polar surface area (TPSA) is 72.9 Å². The third-order valence-corrected chi connectivity index (χ3v) is 7.90. The van der Waals surface area contributed by atoms with Crippen molar-refractivity contribution >= 4 is 29.1 Å². The second-order valence-electron chi connectivity index (χ2n) is 9.48. The zero-order valence-corrected chi connectivity index (χ0v) is 20.2. The van der Waals surface area contributed by atoms with Crippen molar-refractivity contribution < 1.29 is 23.9 Å². The summed E-state index contributed by atoms with van der Waals surface area (Å²) >= 11 is 0. The molecular weight excluding hydrogens is 454 g/mol. The summed E-state index contributed by atoms with van der Waals surface area (Å²) in [6.45, 7) is 1.53. The molecule has 6 rings (SSSR count). The lowest BCUT2D eigenvalue weighted by Crippen LogP contribution is -2.48. The monoisotopic (exact) mass is 479 g/mol. The molecule has 3 atom stereocenters. The number of benzene rings is 3. The van der Waals surface area contributed by atoms with Gasteiger partial charge in [0.15, 0.2) is 17.3 Å². The van der Waals surface area contributed by atoms with E-state index in [1.165, 1.54) is 6.92 Å². The third kappa shape index (κ3) is 2.70. The number of methoxy groups -OCH3 is 2. The van der Waals surface area contributed by atoms with Gasteiger partial charge >= 0.3 is 0 Å². The summed E-state index contributed by atoms with van der Waals surface area (Å²) in [5.74, 6) is -0.400. The van der Waals surface area contributed by atoms with Crippen molar-refractivity contribution in [3.8, 4) is 11.5 Å². The van der Waals surface area contributed by atoms with Crippen LogP contribution in [0.2, 0.25) is 0 Å². The van der Waals surface area contributed by atoms with E-state index >= 15 is 0 Å². The lowest BCUT2D eigenvalue weighted by Gasteiger charge is -2.37. The molecule has 2 aliphatic heterocycles. The summed E-state index contributed by atoms with van der Waals surface area (Å²) in [5.41, 5.74) is 1.61. The number of hydrogen-bond acceptors (Lipinski definition) is 6. The van der Waals surface area contributed by atoms with Crippen molar-refractivity contribution in [2.24, 2.45) is 5.41 Å². The van der Waals surface area contributed by atoms with Gasteiger partial charge in [-0.15, -0.1) is 0 Å². The number of ether oxygens (including phenoxy) is 2. The Kier molecular flexibility index (Phi) is 4.90. The Hall–Kier alpha value is -4.19. The molecule has 3 aromatic rings. The molecule has 0 bridgehead atoms. The average molecular weight is 480 g/mol. The molecule has 6 heteroatoms. The van der Waals surface area contributed by atoms with Gasteiger partial charge in [-0.1, -0.05) is 54.6 Å². The summed E-state index contributed by atoms with van der Waals surface area (Å²) in [6, 6.07) is 18.6. The number of anilines is 1. The van der Waals surface area contributed by atoms with Crippen LogP contribution >= 0.6 is 0 Å². The van der Waals surface area contributed by atoms with Crippen molar-refractivity contribution in [2.75, 3.05) is 19.1 Å². The quantitative estimate of drug-likeness (QED) is 0.504. The van der Waals surface area contributed by atoms with Gasteiger partial charge in [-0.05, 0) is 36.8 Å². The molecular formula is C30H25NO5. The van der Waals surface area contributed by atoms with Crippen LogP contribution in [-0.2, 0) is 4.79 Å². The van der Waals surface area contributed by atoms with Gasteiger partial charge < -0.3 is 14.4 Å². The SMILES string of the molecule is COc1ccc(OC)c([C@H]2[C@H](C(C)=O)N3c4ccccc4C=C[C@H]3C23C(=O)c2ccccc2C3=O)c1. The smallest absolute Gasteiger partial charge is 0.180 e. The van der Waals surface area contributed by atoms with Crippen molar-refractivity contribution in [2.45, 2.75) is 24.9 Å². The van der Waals surface area contributed by atoms with Crippen molar-refractivity contribution in [3.63, 3.8) is 0 Å². The molecule has 0 unspecified atom stereocenters. The first-order chi connectivity index (χ1) is 17.4. The molecule has 1 saturated heterocycles. The molecule has 0 amide bonds. The van der Waals surface area contributed by atoms with E-state index in [0.29, 0.717) is 28.2 Å². The van der Waals surface area contributed by atoms with Gasteiger partial charge in [0.2, 0.25) is 0 Å². The fourth-order valence-corrected chi connectivity index (χ4v) is 6.50. The number of nitrogens with zero attached hydrogens (tertiary/aromatic N) is 1. The Morgan fingerprint density at radius 3 is 2.19 bits per heavy atom. The van der Waals surface area contributed by atoms with Crippen molar-refractivity contribution in [3.05, 3.63) is 95.1 Å². The predicted molar refractivity (Wildman–Crippen MR) is 136 cm³/mol. The molecule has 0 N–H and O–H groups in total. The first-order valence-corrected chi connectivity index (χ1v) is 11.9. The molecule has 36 heavy (non-hydrogen) atoms. The summed E-state index contributed by atoms with van der Waals surface area (Å²) in [6.07, 6.45) is 3.86. The molecule has 180 valence electrons. The standard InChI is InChI=1S/C30H25NO5/c1-17(32)27-26(22-16-19(35-2)13-14-24(22)36-3)30(28(33)20-9-5-6-10-21(20)29(30)34)25-15-12-18-8-4-7-11-23(18)31(25)27/h4-16,25-27H,1-3H3/t25-,26-,27-/m0/s1. The highest BCUT2D eigenvalue weighted by Crippen LogP contribution is 2.61. The zero-order chi connectivity index (χ0) is 25.2. The van der Waals surface area contributed by atoms with E-state index < -0.39 is 23.4 Å². The van der Waals surface area contributed by atoms with Gasteiger partial charge in [-0.3, -0.25) is 14.4 Å². The number of hydrogen-bond donors (Lipinski definition) is 0. The van der Waals surface area contributed by atoms with Crippen LogP contribution in [0.4, 0.5) is 5.69 Å². The number of carbonyl (C=O) groups is 3. The van der Waals surface area contributed by atoms with Crippen molar-refractivity contribution in [1.82, 2.24) is 0 Å². The van der Waals surface area contributed by atoms with E-state index in [1.807, 2.05) is 41.3 Å². The number of para-hydroxylation sites is 1. The normalized spacial score (nSPS) is 22.9. The summed E-state index contributed by atoms with van der Waals surface area (Å²) in [7, 11) is 3.10. The maximum atomic E-state index is 14.4. The highest BCUT2D eigenvalue weighted by atomic mass is 16.5. The molecule has 2 heterocycles. The summed E-state index contributed by atoms with van der Waals surface area (Å²) < 4.78 is 11.2. The van der Waals surface area contributed by atoms with Crippen LogP contribution in [0, 0.1) is 5.41 Å². The number of carbonyl (C=O) groups excluding carboxylic acids is 3. The molecule has 1 spiro atoms. The first kappa shape index (κ1) is 22.3. The van der Waals surface area contributed by atoms with Gasteiger partial charge in [0.25, 0.3) is 0 Å². The minimum Gasteiger partial charge on any atom is -0.497 e. The van der Waals surface area contributed by atoms with E-state index in [0.717, 1.165) is 11.3 Å². The van der Waals surface area contributed by atoms with E-state index in [2.05, 4.69) is 0 Å². The van der Waals surface area contributed by atoms with Crippen LogP contribution in [0.15, 0.2) is 72.8 Å². The van der Waals surface area contributed by atoms with Crippen LogP contribution in [-0.4, -0.2) is 43.7 Å². The van der Waals surface area contributed by atoms with Gasteiger partial charge in [-0.25, -0.2) is 0 Å². The minimum absolute atomic E-state index is 0.131. The van der Waals surface area contributed by atoms with E-state index in [9.17, 15) is 14.4 Å². The summed E-state index contributed by atoms with van der Waals surface area (Å²) in [5, 5.41) is 0. The molecule has 0 aromatic heterocycles. The Morgan fingerprint density at radius 2 is 1.56 bits per heavy atom. The Bertz CT molecular complexity index is 1440. The maximum Gasteiger partial charge on any atom is 0.180 e. The fourth-order valence-electron chi connectivity index (χ4n) is 6.50. The van der Waals surface area contributed by atoms with Gasteiger partial charge in [0.05, 0.1) is 26.3 Å². The first-order valence-electron chi connectivity index (χ1n) is 11.9. The summed E-state index contributed by atoms with van der Waals surface area (Å²) in [4.78, 5) is 44.4. The lowest BCUT2D eigenvalue weighted by molar-refractivity contribution is -0.118. The Labute approximate surface area is 209 Å². The maximum absolute atomic E-state index is 14.4. The number of Topliss-reactive ketones (excluding diaryl/α,β-unsaturated/α-hetero) is 3. The fraction of sp³-hybridized carbons (Fsp3) is 0.233. The highest BCUT2D eigenvalue weighted by Gasteiger charge is 2.71. The van der Waals surface area contributed by atoms with Crippen molar-refractivity contribution in [1.29, 1.82) is 0 Å². The van der Waals surface area contributed by atoms with Gasteiger partial charge in [0, 0.05) is 28.3 Å². The molecule has 1 fully saturated rings. The molecule has 3 aromatic carbocycles. The average Bonchev–Trinajstić information content (AvgIpc) is 3.35. The largest absolute Gasteiger partial charge is 0.497 e. The van der Waals surface area contributed by atoms with E-state index in [4.69, 9.17) is 9.47 Å². The van der Waals surface area contributed by atoms with Gasteiger partial charge in [0.1, 0.15) is 16.9 Å². The van der Waals surface area contributed by atoms with Crippen LogP contribution in [0.3, 0.4) is 0 Å². The second kappa shape index (κ2) is 7.92. The number of ketones is 3. The molecule has 1 aliphatic carbocycles. The van der Waals surface area contributed by atoms with Gasteiger partial charge in [-0.2, -0.15) is 0 Å². The molecule has 3 aliphatic rings. The van der Waals surface area contributed by atoms with Crippen LogP contribution < -0.4 is 14.4 Å². The number of rotatable bonds is 4. The molecule has 6 nitrogen and oxygen atoms in total. The second-order valence-corrected chi connectivity index (χ2v) is 9.48. The minimum atomic E-state index is -1.54. The van der Waals surface area contributed by atoms with E-state index in [-0.39, 0.29) is 17.3 Å². The molecule has 0 radical (unpaired) electrons. The predicted octanol–water partition coefficient (Wildman–Crippen LogP) is 4.73. The third-order valence-electron chi connectivity index (χ3n) is 7.90. The molecule has 0 saturated carbocycles. The zero-order valence-electron chi connectivity index (χ0n) is 20.2. The van der Waals surface area contributed by atoms with Crippen LogP contribution in [0.5, 0.6) is 11.5 Å². The number of fused-ring (bicyclic) bond motifs is 5. The Morgan fingerprint density at radius 1 is 0.889 bits per heavy atom. The van der Waals surface area contributed by atoms with Crippen LogP contribution in [0.25, 0.3) is 6.08 Å². The highest BCUT2D eigenvalue weighted by molar-refractivity contribution is 6.32.